The van der Waals surface area contributed by atoms with Gasteiger partial charge in [-0.2, -0.15) is 0 Å². The van der Waals surface area contributed by atoms with Crippen LogP contribution in [0.3, 0.4) is 0 Å². The summed E-state index contributed by atoms with van der Waals surface area (Å²) < 4.78 is 18.7. The Hall–Kier alpha value is -2.70. The van der Waals surface area contributed by atoms with E-state index in [-0.39, 0.29) is 11.4 Å². The fraction of sp³-hybridized carbons (Fsp3) is 0.214. The van der Waals surface area contributed by atoms with Crippen LogP contribution in [0.15, 0.2) is 36.5 Å². The summed E-state index contributed by atoms with van der Waals surface area (Å²) in [5.74, 6) is -0.676. The first-order chi connectivity index (χ1) is 10.1. The fourth-order valence-electron chi connectivity index (χ4n) is 1.86. The zero-order valence-electron chi connectivity index (χ0n) is 11.4. The van der Waals surface area contributed by atoms with Gasteiger partial charge in [-0.05, 0) is 12.1 Å². The van der Waals surface area contributed by atoms with Crippen molar-refractivity contribution in [1.82, 2.24) is 4.98 Å². The van der Waals surface area contributed by atoms with E-state index in [9.17, 15) is 14.5 Å². The van der Waals surface area contributed by atoms with Crippen LogP contribution in [0.1, 0.15) is 5.69 Å². The molecule has 0 amide bonds. The SMILES string of the molecule is COc1cc(NCCc2ccccn2)c(F)cc1[N+](=O)[O-]. The van der Waals surface area contributed by atoms with Crippen molar-refractivity contribution in [3.8, 4) is 5.75 Å². The van der Waals surface area contributed by atoms with Gasteiger partial charge in [-0.3, -0.25) is 15.1 Å². The van der Waals surface area contributed by atoms with Crippen LogP contribution in [-0.4, -0.2) is 23.6 Å². The second-order valence-electron chi connectivity index (χ2n) is 4.26. The van der Waals surface area contributed by atoms with Crippen LogP contribution in [0.2, 0.25) is 0 Å². The van der Waals surface area contributed by atoms with E-state index in [2.05, 4.69) is 10.3 Å². The summed E-state index contributed by atoms with van der Waals surface area (Å²) >= 11 is 0. The Kier molecular flexibility index (Phi) is 4.65. The molecule has 0 bridgehead atoms. The van der Waals surface area contributed by atoms with Crippen LogP contribution in [-0.2, 0) is 6.42 Å². The lowest BCUT2D eigenvalue weighted by Crippen LogP contribution is -2.08. The first kappa shape index (κ1) is 14.7. The number of pyridine rings is 1. The van der Waals surface area contributed by atoms with Gasteiger partial charge in [0.2, 0.25) is 0 Å². The molecule has 0 atom stereocenters. The monoisotopic (exact) mass is 291 g/mol. The Morgan fingerprint density at radius 3 is 2.86 bits per heavy atom. The minimum absolute atomic E-state index is 0.0155. The summed E-state index contributed by atoms with van der Waals surface area (Å²) in [6, 6.07) is 7.69. The molecular weight excluding hydrogens is 277 g/mol. The molecule has 21 heavy (non-hydrogen) atoms. The Balaban J connectivity index is 2.08. The summed E-state index contributed by atoms with van der Waals surface area (Å²) in [5, 5.41) is 13.7. The van der Waals surface area contributed by atoms with Gasteiger partial charge in [-0.1, -0.05) is 6.07 Å². The van der Waals surface area contributed by atoms with E-state index in [0.29, 0.717) is 13.0 Å². The van der Waals surface area contributed by atoms with Crippen molar-refractivity contribution < 1.29 is 14.1 Å². The van der Waals surface area contributed by atoms with Crippen molar-refractivity contribution in [1.29, 1.82) is 0 Å². The van der Waals surface area contributed by atoms with Crippen molar-refractivity contribution >= 4 is 11.4 Å². The molecule has 0 fully saturated rings. The van der Waals surface area contributed by atoms with Crippen LogP contribution >= 0.6 is 0 Å². The quantitative estimate of drug-likeness (QED) is 0.654. The molecule has 2 rings (SSSR count). The van der Waals surface area contributed by atoms with Crippen LogP contribution in [0, 0.1) is 15.9 Å². The largest absolute Gasteiger partial charge is 0.490 e. The maximum absolute atomic E-state index is 13.8. The molecule has 0 aliphatic heterocycles. The molecule has 0 spiro atoms. The molecule has 0 aliphatic carbocycles. The van der Waals surface area contributed by atoms with Crippen LogP contribution in [0.5, 0.6) is 5.75 Å². The third kappa shape index (κ3) is 3.65. The van der Waals surface area contributed by atoms with Gasteiger partial charge in [-0.25, -0.2) is 4.39 Å². The van der Waals surface area contributed by atoms with E-state index in [4.69, 9.17) is 4.74 Å². The van der Waals surface area contributed by atoms with Crippen molar-refractivity contribution in [2.75, 3.05) is 19.0 Å². The highest BCUT2D eigenvalue weighted by Crippen LogP contribution is 2.32. The molecule has 7 heteroatoms. The maximum Gasteiger partial charge on any atom is 0.313 e. The first-order valence-electron chi connectivity index (χ1n) is 6.27. The molecule has 1 aromatic heterocycles. The lowest BCUT2D eigenvalue weighted by Gasteiger charge is -2.09. The highest BCUT2D eigenvalue weighted by atomic mass is 19.1. The lowest BCUT2D eigenvalue weighted by atomic mass is 10.2. The van der Waals surface area contributed by atoms with Gasteiger partial charge in [0.15, 0.2) is 11.6 Å². The van der Waals surface area contributed by atoms with Gasteiger partial charge in [0.05, 0.1) is 23.8 Å². The normalized spacial score (nSPS) is 10.2. The second kappa shape index (κ2) is 6.65. The Bertz CT molecular complexity index is 635. The third-order valence-corrected chi connectivity index (χ3v) is 2.89. The van der Waals surface area contributed by atoms with Gasteiger partial charge in [0.25, 0.3) is 0 Å². The van der Waals surface area contributed by atoms with E-state index >= 15 is 0 Å². The lowest BCUT2D eigenvalue weighted by molar-refractivity contribution is -0.385. The van der Waals surface area contributed by atoms with Crippen LogP contribution < -0.4 is 10.1 Å². The number of halogens is 1. The van der Waals surface area contributed by atoms with Gasteiger partial charge in [0.1, 0.15) is 0 Å². The Labute approximate surface area is 120 Å². The smallest absolute Gasteiger partial charge is 0.313 e. The first-order valence-corrected chi connectivity index (χ1v) is 6.27. The van der Waals surface area contributed by atoms with Gasteiger partial charge in [-0.15, -0.1) is 0 Å². The molecule has 1 N–H and O–H groups in total. The van der Waals surface area contributed by atoms with E-state index in [1.54, 1.807) is 6.20 Å². The summed E-state index contributed by atoms with van der Waals surface area (Å²) in [5.41, 5.74) is 0.637. The number of hydrogen-bond acceptors (Lipinski definition) is 5. The van der Waals surface area contributed by atoms with Crippen molar-refractivity contribution in [3.63, 3.8) is 0 Å². The highest BCUT2D eigenvalue weighted by Gasteiger charge is 2.18. The molecule has 1 heterocycles. The highest BCUT2D eigenvalue weighted by molar-refractivity contribution is 5.59. The number of rotatable bonds is 6. The molecule has 0 unspecified atom stereocenters. The van der Waals surface area contributed by atoms with E-state index in [1.807, 2.05) is 18.2 Å². The number of aromatic nitrogens is 1. The molecule has 6 nitrogen and oxygen atoms in total. The van der Waals surface area contributed by atoms with E-state index in [1.165, 1.54) is 13.2 Å². The van der Waals surface area contributed by atoms with Gasteiger partial charge >= 0.3 is 5.69 Å². The molecule has 0 radical (unpaired) electrons. The fourth-order valence-corrected chi connectivity index (χ4v) is 1.86. The Morgan fingerprint density at radius 1 is 1.43 bits per heavy atom. The minimum Gasteiger partial charge on any atom is -0.490 e. The van der Waals surface area contributed by atoms with E-state index in [0.717, 1.165) is 11.8 Å². The summed E-state index contributed by atoms with van der Waals surface area (Å²) in [6.45, 7) is 0.453. The zero-order valence-corrected chi connectivity index (χ0v) is 11.4. The molecule has 1 aromatic carbocycles. The van der Waals surface area contributed by atoms with Crippen LogP contribution in [0.4, 0.5) is 15.8 Å². The average molecular weight is 291 g/mol. The average Bonchev–Trinajstić information content (AvgIpc) is 2.49. The predicted molar refractivity (Wildman–Crippen MR) is 76.0 cm³/mol. The third-order valence-electron chi connectivity index (χ3n) is 2.89. The molecule has 2 aromatic rings. The molecule has 0 saturated heterocycles. The number of benzene rings is 1. The minimum atomic E-state index is -0.691. The number of nitrogens with zero attached hydrogens (tertiary/aromatic N) is 2. The topological polar surface area (TPSA) is 77.3 Å². The predicted octanol–water partition coefficient (Wildman–Crippen LogP) is 2.79. The van der Waals surface area contributed by atoms with Crippen LogP contribution in [0.25, 0.3) is 0 Å². The summed E-state index contributed by atoms with van der Waals surface area (Å²) in [4.78, 5) is 14.2. The van der Waals surface area contributed by atoms with Crippen molar-refractivity contribution in [2.45, 2.75) is 6.42 Å². The number of nitrogens with one attached hydrogen (secondary N) is 1. The zero-order chi connectivity index (χ0) is 15.2. The number of nitro groups is 1. The number of methoxy groups -OCH3 is 1. The summed E-state index contributed by atoms with van der Waals surface area (Å²) in [7, 11) is 1.30. The van der Waals surface area contributed by atoms with Gasteiger partial charge < -0.3 is 10.1 Å². The molecular formula is C14H14FN3O3. The Morgan fingerprint density at radius 2 is 2.24 bits per heavy atom. The van der Waals surface area contributed by atoms with Crippen molar-refractivity contribution in [3.05, 3.63) is 58.2 Å². The number of nitro benzene ring substituents is 1. The summed E-state index contributed by atoms with van der Waals surface area (Å²) in [6.07, 6.45) is 2.30. The number of hydrogen-bond donors (Lipinski definition) is 1. The molecule has 110 valence electrons. The standard InChI is InChI=1S/C14H14FN3O3/c1-21-14-9-12(11(15)8-13(14)18(19)20)17-7-5-10-4-2-3-6-16-10/h2-4,6,8-9,17H,5,7H2,1H3. The second-order valence-corrected chi connectivity index (χ2v) is 4.26. The molecule has 0 saturated carbocycles. The van der Waals surface area contributed by atoms with Crippen molar-refractivity contribution in [2.24, 2.45) is 0 Å². The number of ether oxygens (including phenoxy) is 1. The van der Waals surface area contributed by atoms with E-state index < -0.39 is 16.4 Å². The van der Waals surface area contributed by atoms with Gasteiger partial charge in [0, 0.05) is 30.9 Å². The number of anilines is 1. The maximum atomic E-state index is 13.8. The molecule has 0 aliphatic rings.